The van der Waals surface area contributed by atoms with Gasteiger partial charge in [0.05, 0.1) is 32.1 Å². The fourth-order valence-corrected chi connectivity index (χ4v) is 3.32. The molecule has 7 heteroatoms. The van der Waals surface area contributed by atoms with Gasteiger partial charge in [-0.05, 0) is 31.4 Å². The van der Waals surface area contributed by atoms with Crippen molar-refractivity contribution < 1.29 is 19.3 Å². The lowest BCUT2D eigenvalue weighted by Crippen LogP contribution is -2.36. The maximum Gasteiger partial charge on any atom is 0.215 e. The molecule has 3 rings (SSSR count). The number of benzene rings is 1. The maximum absolute atomic E-state index is 8.81. The smallest absolute Gasteiger partial charge is 0.215 e. The fourth-order valence-electron chi connectivity index (χ4n) is 3.32. The Morgan fingerprint density at radius 1 is 1.13 bits per heavy atom. The Morgan fingerprint density at radius 3 is 2.81 bits per heavy atom. The molecule has 0 bridgehead atoms. The van der Waals surface area contributed by atoms with E-state index in [-0.39, 0.29) is 6.61 Å². The third kappa shape index (κ3) is 8.28. The van der Waals surface area contributed by atoms with E-state index in [0.717, 1.165) is 56.1 Å². The monoisotopic (exact) mass is 427 g/mol. The number of unbranched alkanes of at least 4 members (excludes halogenated alkanes) is 1. The molecule has 168 valence electrons. The van der Waals surface area contributed by atoms with E-state index in [1.165, 1.54) is 5.56 Å². The van der Waals surface area contributed by atoms with Crippen LogP contribution in [0.3, 0.4) is 0 Å². The summed E-state index contributed by atoms with van der Waals surface area (Å²) in [7, 11) is 0. The lowest BCUT2D eigenvalue weighted by Gasteiger charge is -2.29. The van der Waals surface area contributed by atoms with Gasteiger partial charge in [-0.1, -0.05) is 29.8 Å². The van der Waals surface area contributed by atoms with Crippen molar-refractivity contribution in [3.8, 4) is 5.88 Å². The van der Waals surface area contributed by atoms with Crippen LogP contribution >= 0.6 is 0 Å². The summed E-state index contributed by atoms with van der Waals surface area (Å²) in [6, 6.07) is 12.3. The predicted octanol–water partition coefficient (Wildman–Crippen LogP) is 3.01. The number of pyridine rings is 1. The number of rotatable bonds is 12. The van der Waals surface area contributed by atoms with E-state index in [0.29, 0.717) is 32.2 Å². The molecule has 1 fully saturated rings. The van der Waals surface area contributed by atoms with Crippen molar-refractivity contribution in [2.45, 2.75) is 26.3 Å². The number of aliphatic hydroxyl groups excluding tert-OH is 1. The fraction of sp³-hybridized carbons (Fsp3) is 0.500. The molecule has 7 nitrogen and oxygen atoms in total. The molecule has 1 aliphatic rings. The third-order valence-corrected chi connectivity index (χ3v) is 4.93. The van der Waals surface area contributed by atoms with Crippen molar-refractivity contribution in [1.82, 2.24) is 4.98 Å². The molecular weight excluding hydrogens is 394 g/mol. The number of ether oxygens (including phenoxy) is 3. The van der Waals surface area contributed by atoms with Gasteiger partial charge < -0.3 is 24.2 Å². The zero-order chi connectivity index (χ0) is 21.7. The van der Waals surface area contributed by atoms with Crippen LogP contribution in [0, 0.1) is 6.92 Å². The summed E-state index contributed by atoms with van der Waals surface area (Å²) in [5, 5.41) is 8.81. The molecule has 1 aliphatic heterocycles. The molecule has 0 unspecified atom stereocenters. The van der Waals surface area contributed by atoms with Crippen molar-refractivity contribution in [2.24, 2.45) is 4.99 Å². The number of aliphatic hydroxyl groups is 1. The van der Waals surface area contributed by atoms with Crippen LogP contribution in [0.25, 0.3) is 0 Å². The van der Waals surface area contributed by atoms with Gasteiger partial charge in [0.15, 0.2) is 0 Å². The Bertz CT molecular complexity index is 822. The van der Waals surface area contributed by atoms with E-state index in [1.807, 2.05) is 24.4 Å². The van der Waals surface area contributed by atoms with E-state index < -0.39 is 0 Å². The van der Waals surface area contributed by atoms with Crippen LogP contribution in [0.4, 0.5) is 5.69 Å². The molecule has 0 aliphatic carbocycles. The van der Waals surface area contributed by atoms with E-state index in [4.69, 9.17) is 19.3 Å². The first kappa shape index (κ1) is 23.2. The molecule has 2 heterocycles. The van der Waals surface area contributed by atoms with Crippen LogP contribution in [0.15, 0.2) is 41.4 Å². The van der Waals surface area contributed by atoms with Gasteiger partial charge in [-0.2, -0.15) is 0 Å². The number of nitrogens with zero attached hydrogens (tertiary/aromatic N) is 3. The molecule has 0 amide bonds. The maximum atomic E-state index is 8.81. The second kappa shape index (κ2) is 13.0. The van der Waals surface area contributed by atoms with E-state index >= 15 is 0 Å². The van der Waals surface area contributed by atoms with E-state index in [2.05, 4.69) is 40.0 Å². The van der Waals surface area contributed by atoms with E-state index in [1.54, 1.807) is 0 Å². The van der Waals surface area contributed by atoms with Gasteiger partial charge in [0.1, 0.15) is 6.61 Å². The van der Waals surface area contributed by atoms with Crippen molar-refractivity contribution in [1.29, 1.82) is 0 Å². The topological polar surface area (TPSA) is 76.4 Å². The molecular formula is C24H33N3O4. The van der Waals surface area contributed by atoms with Gasteiger partial charge >= 0.3 is 0 Å². The van der Waals surface area contributed by atoms with E-state index in [9.17, 15) is 0 Å². The Morgan fingerprint density at radius 2 is 2.00 bits per heavy atom. The first-order chi connectivity index (χ1) is 15.2. The normalized spacial score (nSPS) is 14.3. The first-order valence-electron chi connectivity index (χ1n) is 11.0. The molecule has 0 saturated carbocycles. The van der Waals surface area contributed by atoms with Crippen LogP contribution in [0.5, 0.6) is 5.88 Å². The van der Waals surface area contributed by atoms with Crippen molar-refractivity contribution in [2.75, 3.05) is 57.6 Å². The second-order valence-corrected chi connectivity index (χ2v) is 7.53. The SMILES string of the molecule is Cc1cccc(C=NCc2cc(N3CCOCC3)cc(OCCOCCCCO)n2)c1. The molecule has 1 N–H and O–H groups in total. The average molecular weight is 428 g/mol. The third-order valence-electron chi connectivity index (χ3n) is 4.93. The molecule has 0 spiro atoms. The highest BCUT2D eigenvalue weighted by Gasteiger charge is 2.14. The molecule has 1 aromatic carbocycles. The highest BCUT2D eigenvalue weighted by atomic mass is 16.5. The molecule has 1 aromatic heterocycles. The Balaban J connectivity index is 1.62. The van der Waals surface area contributed by atoms with Crippen LogP contribution < -0.4 is 9.64 Å². The average Bonchev–Trinajstić information content (AvgIpc) is 2.79. The number of aromatic nitrogens is 1. The summed E-state index contributed by atoms with van der Waals surface area (Å²) in [5.41, 5.74) is 4.24. The van der Waals surface area contributed by atoms with Crippen molar-refractivity contribution >= 4 is 11.9 Å². The summed E-state index contributed by atoms with van der Waals surface area (Å²) in [4.78, 5) is 11.5. The Hall–Kier alpha value is -2.48. The van der Waals surface area contributed by atoms with Crippen LogP contribution in [0.2, 0.25) is 0 Å². The van der Waals surface area contributed by atoms with Gasteiger partial charge in [0.25, 0.3) is 0 Å². The largest absolute Gasteiger partial charge is 0.475 e. The molecule has 1 saturated heterocycles. The number of aryl methyl sites for hydroxylation is 1. The lowest BCUT2D eigenvalue weighted by molar-refractivity contribution is 0.0928. The lowest BCUT2D eigenvalue weighted by atomic mass is 10.1. The van der Waals surface area contributed by atoms with Crippen LogP contribution in [-0.4, -0.2) is 69.0 Å². The van der Waals surface area contributed by atoms with Gasteiger partial charge in [0.2, 0.25) is 5.88 Å². The minimum absolute atomic E-state index is 0.202. The van der Waals surface area contributed by atoms with Gasteiger partial charge in [-0.15, -0.1) is 0 Å². The number of morpholine rings is 1. The zero-order valence-electron chi connectivity index (χ0n) is 18.3. The second-order valence-electron chi connectivity index (χ2n) is 7.53. The molecule has 0 atom stereocenters. The standard InChI is InChI=1S/C24H33N3O4/c1-20-5-4-6-21(15-20)18-25-19-22-16-23(27-7-11-30-12-8-27)17-24(26-22)31-14-13-29-10-3-2-9-28/h4-6,15-18,28H,2-3,7-14,19H2,1H3. The zero-order valence-corrected chi connectivity index (χ0v) is 18.3. The predicted molar refractivity (Wildman–Crippen MR) is 122 cm³/mol. The summed E-state index contributed by atoms with van der Waals surface area (Å²) in [5.74, 6) is 0.587. The summed E-state index contributed by atoms with van der Waals surface area (Å²) in [6.45, 7) is 7.47. The van der Waals surface area contributed by atoms with Crippen molar-refractivity contribution in [3.63, 3.8) is 0 Å². The van der Waals surface area contributed by atoms with Gasteiger partial charge in [0, 0.05) is 44.3 Å². The minimum atomic E-state index is 0.202. The van der Waals surface area contributed by atoms with Crippen LogP contribution in [0.1, 0.15) is 29.7 Å². The number of anilines is 1. The minimum Gasteiger partial charge on any atom is -0.475 e. The van der Waals surface area contributed by atoms with Crippen LogP contribution in [-0.2, 0) is 16.0 Å². The van der Waals surface area contributed by atoms with Crippen molar-refractivity contribution in [3.05, 3.63) is 53.2 Å². The van der Waals surface area contributed by atoms with Gasteiger partial charge in [-0.3, -0.25) is 4.99 Å². The number of hydrogen-bond donors (Lipinski definition) is 1. The highest BCUT2D eigenvalue weighted by molar-refractivity contribution is 5.79. The van der Waals surface area contributed by atoms with Gasteiger partial charge in [-0.25, -0.2) is 4.98 Å². The molecule has 2 aromatic rings. The highest BCUT2D eigenvalue weighted by Crippen LogP contribution is 2.23. The summed E-state index contributed by atoms with van der Waals surface area (Å²) >= 11 is 0. The summed E-state index contributed by atoms with van der Waals surface area (Å²) in [6.07, 6.45) is 3.50. The Kier molecular flexibility index (Phi) is 9.76. The molecule has 0 radical (unpaired) electrons. The number of hydrogen-bond acceptors (Lipinski definition) is 7. The quantitative estimate of drug-likeness (QED) is 0.415. The summed E-state index contributed by atoms with van der Waals surface area (Å²) < 4.78 is 16.9. The Labute approximate surface area is 184 Å². The molecule has 31 heavy (non-hydrogen) atoms. The number of aliphatic imine (C=N–C) groups is 1. The first-order valence-corrected chi connectivity index (χ1v) is 11.0.